The highest BCUT2D eigenvalue weighted by atomic mass is 16.5. The van der Waals surface area contributed by atoms with E-state index in [1.807, 2.05) is 18.2 Å². The largest absolute Gasteiger partial charge is 0.493 e. The standard InChI is InChI=1S/C11H13NO/c12-6-1-2-9-3-4-11-10(8-9)5-7-13-11/h1-4,8H,5-7,12H2/b2-1+. The van der Waals surface area contributed by atoms with Crippen LogP contribution < -0.4 is 10.5 Å². The molecule has 1 aromatic rings. The summed E-state index contributed by atoms with van der Waals surface area (Å²) in [6.07, 6.45) is 5.02. The maximum atomic E-state index is 5.41. The van der Waals surface area contributed by atoms with Crippen LogP contribution in [0.15, 0.2) is 24.3 Å². The summed E-state index contributed by atoms with van der Waals surface area (Å²) in [6, 6.07) is 6.24. The number of fused-ring (bicyclic) bond motifs is 1. The lowest BCUT2D eigenvalue weighted by Gasteiger charge is -1.99. The predicted octanol–water partition coefficient (Wildman–Crippen LogP) is 1.59. The number of benzene rings is 1. The van der Waals surface area contributed by atoms with Crippen molar-refractivity contribution < 1.29 is 4.74 Å². The molecule has 1 aliphatic heterocycles. The van der Waals surface area contributed by atoms with Crippen LogP contribution in [-0.2, 0) is 6.42 Å². The van der Waals surface area contributed by atoms with Gasteiger partial charge in [0.05, 0.1) is 6.61 Å². The number of nitrogens with two attached hydrogens (primary N) is 1. The SMILES string of the molecule is NC/C=C/c1ccc2c(c1)CCO2. The van der Waals surface area contributed by atoms with Gasteiger partial charge in [0.2, 0.25) is 0 Å². The fraction of sp³-hybridized carbons (Fsp3) is 0.273. The average Bonchev–Trinajstić information content (AvgIpc) is 2.61. The molecule has 0 bridgehead atoms. The first-order chi connectivity index (χ1) is 6.40. The van der Waals surface area contributed by atoms with Crippen LogP contribution in [0.1, 0.15) is 11.1 Å². The quantitative estimate of drug-likeness (QED) is 0.740. The molecule has 13 heavy (non-hydrogen) atoms. The van der Waals surface area contributed by atoms with Gasteiger partial charge in [-0.25, -0.2) is 0 Å². The fourth-order valence-corrected chi connectivity index (χ4v) is 1.51. The Labute approximate surface area is 78.0 Å². The molecule has 0 fully saturated rings. The maximum absolute atomic E-state index is 5.41. The minimum Gasteiger partial charge on any atom is -0.493 e. The molecular formula is C11H13NO. The Morgan fingerprint density at radius 2 is 2.38 bits per heavy atom. The monoisotopic (exact) mass is 175 g/mol. The zero-order valence-electron chi connectivity index (χ0n) is 7.49. The summed E-state index contributed by atoms with van der Waals surface area (Å²) in [5, 5.41) is 0. The first-order valence-corrected chi connectivity index (χ1v) is 4.52. The Hall–Kier alpha value is -1.28. The summed E-state index contributed by atoms with van der Waals surface area (Å²) >= 11 is 0. The third-order valence-corrected chi connectivity index (χ3v) is 2.16. The van der Waals surface area contributed by atoms with Crippen LogP contribution in [0.3, 0.4) is 0 Å². The third kappa shape index (κ3) is 1.73. The normalized spacial score (nSPS) is 14.5. The second-order valence-electron chi connectivity index (χ2n) is 3.10. The minimum atomic E-state index is 0.591. The molecule has 0 unspecified atom stereocenters. The number of hydrogen-bond donors (Lipinski definition) is 1. The minimum absolute atomic E-state index is 0.591. The lowest BCUT2D eigenvalue weighted by molar-refractivity contribution is 0.357. The molecule has 0 aliphatic carbocycles. The van der Waals surface area contributed by atoms with Gasteiger partial charge in [-0.3, -0.25) is 0 Å². The van der Waals surface area contributed by atoms with Crippen molar-refractivity contribution in [3.05, 3.63) is 35.4 Å². The van der Waals surface area contributed by atoms with E-state index in [-0.39, 0.29) is 0 Å². The van der Waals surface area contributed by atoms with Crippen molar-refractivity contribution in [1.82, 2.24) is 0 Å². The van der Waals surface area contributed by atoms with Gasteiger partial charge < -0.3 is 10.5 Å². The molecule has 1 aliphatic rings. The maximum Gasteiger partial charge on any atom is 0.122 e. The van der Waals surface area contributed by atoms with Crippen LogP contribution in [0.4, 0.5) is 0 Å². The van der Waals surface area contributed by atoms with Crippen molar-refractivity contribution in [1.29, 1.82) is 0 Å². The molecule has 0 atom stereocenters. The van der Waals surface area contributed by atoms with Crippen LogP contribution in [0, 0.1) is 0 Å². The number of rotatable bonds is 2. The molecule has 0 amide bonds. The highest BCUT2D eigenvalue weighted by Gasteiger charge is 2.10. The molecule has 1 heterocycles. The Bertz CT molecular complexity index is 331. The summed E-state index contributed by atoms with van der Waals surface area (Å²) < 4.78 is 5.41. The molecule has 2 nitrogen and oxygen atoms in total. The van der Waals surface area contributed by atoms with E-state index in [4.69, 9.17) is 10.5 Å². The van der Waals surface area contributed by atoms with Crippen LogP contribution >= 0.6 is 0 Å². The molecule has 2 heteroatoms. The Kier molecular flexibility index (Phi) is 2.32. The molecule has 2 N–H and O–H groups in total. The van der Waals surface area contributed by atoms with Crippen molar-refractivity contribution in [3.63, 3.8) is 0 Å². The summed E-state index contributed by atoms with van der Waals surface area (Å²) in [5.74, 6) is 1.03. The first-order valence-electron chi connectivity index (χ1n) is 4.52. The van der Waals surface area contributed by atoms with Gasteiger partial charge in [0.25, 0.3) is 0 Å². The highest BCUT2D eigenvalue weighted by molar-refractivity contribution is 5.54. The van der Waals surface area contributed by atoms with E-state index in [1.165, 1.54) is 11.1 Å². The summed E-state index contributed by atoms with van der Waals surface area (Å²) in [5.41, 5.74) is 7.89. The lowest BCUT2D eigenvalue weighted by Crippen LogP contribution is -1.91. The average molecular weight is 175 g/mol. The predicted molar refractivity (Wildman–Crippen MR) is 53.7 cm³/mol. The smallest absolute Gasteiger partial charge is 0.122 e. The van der Waals surface area contributed by atoms with Crippen molar-refractivity contribution in [2.24, 2.45) is 5.73 Å². The zero-order valence-corrected chi connectivity index (χ0v) is 7.49. The molecule has 0 saturated carbocycles. The molecular weight excluding hydrogens is 162 g/mol. The van der Waals surface area contributed by atoms with Crippen molar-refractivity contribution in [2.75, 3.05) is 13.2 Å². The van der Waals surface area contributed by atoms with Gasteiger partial charge in [-0.2, -0.15) is 0 Å². The molecule has 0 saturated heterocycles. The summed E-state index contributed by atoms with van der Waals surface area (Å²) in [7, 11) is 0. The zero-order chi connectivity index (χ0) is 9.10. The molecule has 1 aromatic carbocycles. The Morgan fingerprint density at radius 3 is 3.23 bits per heavy atom. The molecule has 0 aromatic heterocycles. The summed E-state index contributed by atoms with van der Waals surface area (Å²) in [4.78, 5) is 0. The molecule has 2 rings (SSSR count). The molecule has 68 valence electrons. The van der Waals surface area contributed by atoms with Crippen LogP contribution in [-0.4, -0.2) is 13.2 Å². The Morgan fingerprint density at radius 1 is 1.46 bits per heavy atom. The highest BCUT2D eigenvalue weighted by Crippen LogP contribution is 2.26. The van der Waals surface area contributed by atoms with Gasteiger partial charge in [-0.1, -0.05) is 18.2 Å². The molecule has 0 spiro atoms. The second-order valence-corrected chi connectivity index (χ2v) is 3.10. The van der Waals surface area contributed by atoms with E-state index >= 15 is 0 Å². The van der Waals surface area contributed by atoms with Crippen LogP contribution in [0.25, 0.3) is 6.08 Å². The number of ether oxygens (including phenoxy) is 1. The van der Waals surface area contributed by atoms with Gasteiger partial charge in [0.1, 0.15) is 5.75 Å². The van der Waals surface area contributed by atoms with Gasteiger partial charge >= 0.3 is 0 Å². The molecule has 0 radical (unpaired) electrons. The second kappa shape index (κ2) is 3.62. The van der Waals surface area contributed by atoms with Crippen LogP contribution in [0.5, 0.6) is 5.75 Å². The van der Waals surface area contributed by atoms with Crippen molar-refractivity contribution in [2.45, 2.75) is 6.42 Å². The Balaban J connectivity index is 2.25. The van der Waals surface area contributed by atoms with Gasteiger partial charge in [0, 0.05) is 13.0 Å². The lowest BCUT2D eigenvalue weighted by atomic mass is 10.1. The van der Waals surface area contributed by atoms with E-state index in [2.05, 4.69) is 12.1 Å². The van der Waals surface area contributed by atoms with E-state index in [0.717, 1.165) is 18.8 Å². The van der Waals surface area contributed by atoms with E-state index in [1.54, 1.807) is 0 Å². The summed E-state index contributed by atoms with van der Waals surface area (Å²) in [6.45, 7) is 1.41. The fourth-order valence-electron chi connectivity index (χ4n) is 1.51. The number of hydrogen-bond acceptors (Lipinski definition) is 2. The van der Waals surface area contributed by atoms with Gasteiger partial charge in [-0.15, -0.1) is 0 Å². The van der Waals surface area contributed by atoms with E-state index in [9.17, 15) is 0 Å². The van der Waals surface area contributed by atoms with Crippen molar-refractivity contribution >= 4 is 6.08 Å². The van der Waals surface area contributed by atoms with E-state index in [0.29, 0.717) is 6.54 Å². The van der Waals surface area contributed by atoms with Crippen LogP contribution in [0.2, 0.25) is 0 Å². The van der Waals surface area contributed by atoms with Gasteiger partial charge in [-0.05, 0) is 23.3 Å². The van der Waals surface area contributed by atoms with E-state index < -0.39 is 0 Å². The third-order valence-electron chi connectivity index (χ3n) is 2.16. The van der Waals surface area contributed by atoms with Crippen molar-refractivity contribution in [3.8, 4) is 5.75 Å². The topological polar surface area (TPSA) is 35.2 Å². The van der Waals surface area contributed by atoms with Gasteiger partial charge in [0.15, 0.2) is 0 Å². The first kappa shape index (κ1) is 8.32.